The number of nitrogens with one attached hydrogen (secondary N) is 1. The first-order valence-electron chi connectivity index (χ1n) is 11.0. The zero-order valence-corrected chi connectivity index (χ0v) is 20.4. The molecule has 3 rings (SSSR count). The van der Waals surface area contributed by atoms with Crippen molar-refractivity contribution in [1.82, 2.24) is 14.9 Å². The van der Waals surface area contributed by atoms with E-state index in [9.17, 15) is 4.79 Å². The van der Waals surface area contributed by atoms with Crippen molar-refractivity contribution in [3.63, 3.8) is 0 Å². The molecule has 0 atom stereocenters. The molecule has 0 saturated carbocycles. The van der Waals surface area contributed by atoms with Crippen LogP contribution in [0.3, 0.4) is 0 Å². The minimum atomic E-state index is -0.158. The minimum absolute atomic E-state index is 0.158. The number of thioether (sulfide) groups is 1. The number of hydrogen-bond acceptors (Lipinski definition) is 6. The van der Waals surface area contributed by atoms with Gasteiger partial charge in [0.05, 0.1) is 11.3 Å². The van der Waals surface area contributed by atoms with E-state index >= 15 is 0 Å². The fraction of sp³-hybridized carbons (Fsp3) is 0.542. The third-order valence-corrected chi connectivity index (χ3v) is 6.42. The standard InChI is InChI=1S/C24H35N5OS/c1-16(2)22-25-17(3)21(24(27-22)31-6)23(30)26-19-7-9-20(10-8-19)29-13-11-18(12-14-29)15-28(4)5/h7-10,16,18H,11-15H2,1-6H3,(H,26,30). The van der Waals surface area contributed by atoms with Crippen LogP contribution in [0.5, 0.6) is 0 Å². The Kier molecular flexibility index (Phi) is 7.94. The van der Waals surface area contributed by atoms with Gasteiger partial charge in [-0.3, -0.25) is 4.79 Å². The summed E-state index contributed by atoms with van der Waals surface area (Å²) in [7, 11) is 4.29. The molecule has 6 nitrogen and oxygen atoms in total. The molecule has 0 radical (unpaired) electrons. The lowest BCUT2D eigenvalue weighted by atomic mass is 9.96. The van der Waals surface area contributed by atoms with Crippen molar-refractivity contribution in [3.05, 3.63) is 41.3 Å². The number of amides is 1. The number of aromatic nitrogens is 2. The van der Waals surface area contributed by atoms with Gasteiger partial charge >= 0.3 is 0 Å². The molecule has 2 heterocycles. The molecule has 0 spiro atoms. The number of hydrogen-bond donors (Lipinski definition) is 1. The summed E-state index contributed by atoms with van der Waals surface area (Å²) in [6.07, 6.45) is 4.39. The number of nitrogens with zero attached hydrogens (tertiary/aromatic N) is 4. The molecule has 31 heavy (non-hydrogen) atoms. The Balaban J connectivity index is 1.66. The Bertz CT molecular complexity index is 890. The lowest BCUT2D eigenvalue weighted by molar-refractivity contribution is 0.102. The van der Waals surface area contributed by atoms with Crippen LogP contribution in [0.25, 0.3) is 0 Å². The molecule has 0 bridgehead atoms. The lowest BCUT2D eigenvalue weighted by Crippen LogP contribution is -2.37. The van der Waals surface area contributed by atoms with Gasteiger partial charge in [0.15, 0.2) is 0 Å². The highest BCUT2D eigenvalue weighted by Gasteiger charge is 2.21. The highest BCUT2D eigenvalue weighted by molar-refractivity contribution is 7.98. The number of carbonyl (C=O) groups is 1. The van der Waals surface area contributed by atoms with Gasteiger partial charge in [0, 0.05) is 36.9 Å². The summed E-state index contributed by atoms with van der Waals surface area (Å²) in [6.45, 7) is 9.33. The van der Waals surface area contributed by atoms with Gasteiger partial charge in [-0.15, -0.1) is 11.8 Å². The fourth-order valence-electron chi connectivity index (χ4n) is 4.07. The van der Waals surface area contributed by atoms with Crippen molar-refractivity contribution in [1.29, 1.82) is 0 Å². The molecule has 168 valence electrons. The summed E-state index contributed by atoms with van der Waals surface area (Å²) >= 11 is 1.48. The van der Waals surface area contributed by atoms with Crippen LogP contribution in [0.15, 0.2) is 29.3 Å². The predicted molar refractivity (Wildman–Crippen MR) is 131 cm³/mol. The maximum absolute atomic E-state index is 13.0. The molecule has 2 aromatic rings. The van der Waals surface area contributed by atoms with Gasteiger partial charge in [-0.2, -0.15) is 0 Å². The molecule has 1 aromatic carbocycles. The average molecular weight is 442 g/mol. The third-order valence-electron chi connectivity index (χ3n) is 5.74. The topological polar surface area (TPSA) is 61.4 Å². The highest BCUT2D eigenvalue weighted by atomic mass is 32.2. The van der Waals surface area contributed by atoms with E-state index in [2.05, 4.69) is 65.2 Å². The van der Waals surface area contributed by atoms with Crippen LogP contribution in [0.4, 0.5) is 11.4 Å². The number of piperidine rings is 1. The normalized spacial score (nSPS) is 15.0. The molecule has 1 N–H and O–H groups in total. The number of rotatable bonds is 7. The van der Waals surface area contributed by atoms with E-state index in [4.69, 9.17) is 0 Å². The smallest absolute Gasteiger partial charge is 0.260 e. The zero-order valence-electron chi connectivity index (χ0n) is 19.6. The van der Waals surface area contributed by atoms with Gasteiger partial charge in [-0.25, -0.2) is 9.97 Å². The Morgan fingerprint density at radius 1 is 1.19 bits per heavy atom. The van der Waals surface area contributed by atoms with Crippen LogP contribution in [-0.4, -0.2) is 60.8 Å². The van der Waals surface area contributed by atoms with Crippen molar-refractivity contribution in [3.8, 4) is 0 Å². The van der Waals surface area contributed by atoms with E-state index in [1.165, 1.54) is 30.3 Å². The van der Waals surface area contributed by atoms with Gasteiger partial charge in [-0.1, -0.05) is 13.8 Å². The van der Waals surface area contributed by atoms with Crippen LogP contribution in [0.1, 0.15) is 54.5 Å². The van der Waals surface area contributed by atoms with Crippen LogP contribution < -0.4 is 10.2 Å². The summed E-state index contributed by atoms with van der Waals surface area (Å²) in [5, 5.41) is 3.75. The molecule has 1 fully saturated rings. The van der Waals surface area contributed by atoms with E-state index in [1.54, 1.807) is 0 Å². The largest absolute Gasteiger partial charge is 0.372 e. The Hall–Kier alpha value is -2.12. The molecule has 0 aliphatic carbocycles. The summed E-state index contributed by atoms with van der Waals surface area (Å²) in [5.41, 5.74) is 3.28. The van der Waals surface area contributed by atoms with E-state index < -0.39 is 0 Å². The molecule has 1 amide bonds. The molecule has 7 heteroatoms. The summed E-state index contributed by atoms with van der Waals surface area (Å²) in [4.78, 5) is 26.8. The van der Waals surface area contributed by atoms with E-state index in [0.717, 1.165) is 47.8 Å². The van der Waals surface area contributed by atoms with Crippen molar-refractivity contribution in [2.45, 2.75) is 44.6 Å². The number of aryl methyl sites for hydroxylation is 1. The zero-order chi connectivity index (χ0) is 22.5. The maximum atomic E-state index is 13.0. The molecule has 1 saturated heterocycles. The van der Waals surface area contributed by atoms with Gasteiger partial charge in [0.25, 0.3) is 5.91 Å². The molecule has 1 aromatic heterocycles. The molecule has 0 unspecified atom stereocenters. The third kappa shape index (κ3) is 5.98. The highest BCUT2D eigenvalue weighted by Crippen LogP contribution is 2.27. The molecule has 1 aliphatic heterocycles. The quantitative estimate of drug-likeness (QED) is 0.498. The molecular formula is C24H35N5OS. The summed E-state index contributed by atoms with van der Waals surface area (Å²) < 4.78 is 0. The first kappa shape index (κ1) is 23.5. The number of benzene rings is 1. The predicted octanol–water partition coefficient (Wildman–Crippen LogP) is 4.66. The first-order chi connectivity index (χ1) is 14.8. The second-order valence-corrected chi connectivity index (χ2v) is 9.69. The fourth-order valence-corrected chi connectivity index (χ4v) is 4.70. The van der Waals surface area contributed by atoms with Gasteiger partial charge in [0.1, 0.15) is 10.9 Å². The van der Waals surface area contributed by atoms with Crippen LogP contribution in [0.2, 0.25) is 0 Å². The monoisotopic (exact) mass is 441 g/mol. The van der Waals surface area contributed by atoms with Gasteiger partial charge < -0.3 is 15.1 Å². The van der Waals surface area contributed by atoms with Crippen LogP contribution in [-0.2, 0) is 0 Å². The van der Waals surface area contributed by atoms with E-state index in [0.29, 0.717) is 5.56 Å². The number of anilines is 2. The second kappa shape index (κ2) is 10.5. The van der Waals surface area contributed by atoms with Crippen molar-refractivity contribution < 1.29 is 4.79 Å². The van der Waals surface area contributed by atoms with E-state index in [-0.39, 0.29) is 11.8 Å². The lowest BCUT2D eigenvalue weighted by Gasteiger charge is -2.34. The molecule has 1 aliphatic rings. The van der Waals surface area contributed by atoms with E-state index in [1.807, 2.05) is 25.3 Å². The van der Waals surface area contributed by atoms with Crippen molar-refractivity contribution in [2.24, 2.45) is 5.92 Å². The Morgan fingerprint density at radius 3 is 2.39 bits per heavy atom. The first-order valence-corrected chi connectivity index (χ1v) is 12.2. The summed E-state index contributed by atoms with van der Waals surface area (Å²) in [5.74, 6) is 1.62. The minimum Gasteiger partial charge on any atom is -0.372 e. The van der Waals surface area contributed by atoms with Gasteiger partial charge in [-0.05, 0) is 70.3 Å². The van der Waals surface area contributed by atoms with Crippen LogP contribution in [0, 0.1) is 12.8 Å². The second-order valence-electron chi connectivity index (χ2n) is 8.90. The summed E-state index contributed by atoms with van der Waals surface area (Å²) in [6, 6.07) is 8.17. The number of carbonyl (C=O) groups excluding carboxylic acids is 1. The van der Waals surface area contributed by atoms with Crippen LogP contribution >= 0.6 is 11.8 Å². The average Bonchev–Trinajstić information content (AvgIpc) is 2.73. The van der Waals surface area contributed by atoms with Crippen molar-refractivity contribution >= 4 is 29.0 Å². The Morgan fingerprint density at radius 2 is 1.84 bits per heavy atom. The van der Waals surface area contributed by atoms with Crippen molar-refractivity contribution in [2.75, 3.05) is 50.2 Å². The SMILES string of the molecule is CSc1nc(C(C)C)nc(C)c1C(=O)Nc1ccc(N2CCC(CN(C)C)CC2)cc1. The van der Waals surface area contributed by atoms with Gasteiger partial charge in [0.2, 0.25) is 0 Å². The Labute approximate surface area is 190 Å². The molecular weight excluding hydrogens is 406 g/mol. The maximum Gasteiger partial charge on any atom is 0.260 e.